The highest BCUT2D eigenvalue weighted by Gasteiger charge is 2.30. The summed E-state index contributed by atoms with van der Waals surface area (Å²) in [4.78, 5) is 11.2. The number of primary amides is 1. The summed E-state index contributed by atoms with van der Waals surface area (Å²) in [5, 5.41) is 17.5. The summed E-state index contributed by atoms with van der Waals surface area (Å²) < 4.78 is 8.72. The van der Waals surface area contributed by atoms with E-state index in [1.807, 2.05) is 28.8 Å². The van der Waals surface area contributed by atoms with Crippen LogP contribution < -0.4 is 5.73 Å². The van der Waals surface area contributed by atoms with E-state index >= 15 is 0 Å². The molecule has 0 atom stereocenters. The van der Waals surface area contributed by atoms with Crippen LogP contribution in [0.15, 0.2) is 38.3 Å². The summed E-state index contributed by atoms with van der Waals surface area (Å²) in [7, 11) is 0. The number of nitrogens with two attached hydrogens (primary N) is 1. The molecule has 3 aromatic rings. The van der Waals surface area contributed by atoms with Gasteiger partial charge in [-0.3, -0.25) is 4.79 Å². The summed E-state index contributed by atoms with van der Waals surface area (Å²) in [5.41, 5.74) is 6.16. The van der Waals surface area contributed by atoms with E-state index in [1.165, 1.54) is 11.8 Å². The molecule has 1 aliphatic carbocycles. The van der Waals surface area contributed by atoms with Gasteiger partial charge in [0, 0.05) is 28.9 Å². The first-order valence-electron chi connectivity index (χ1n) is 8.52. The molecule has 1 fully saturated rings. The number of aromatic nitrogens is 5. The quantitative estimate of drug-likeness (QED) is 0.526. The number of hydrogen-bond acceptors (Lipinski definition) is 7. The highest BCUT2D eigenvalue weighted by atomic mass is 79.9. The van der Waals surface area contributed by atoms with Gasteiger partial charge < -0.3 is 14.7 Å². The first-order valence-corrected chi connectivity index (χ1v) is 10.3. The zero-order chi connectivity index (χ0) is 18.8. The molecule has 1 aromatic carbocycles. The fraction of sp³-hybridized carbons (Fsp3) is 0.353. The lowest BCUT2D eigenvalue weighted by atomic mass is 10.2. The van der Waals surface area contributed by atoms with Crippen molar-refractivity contribution in [1.29, 1.82) is 0 Å². The number of carbonyl (C=O) groups excluding carboxylic acids is 1. The van der Waals surface area contributed by atoms with Gasteiger partial charge in [-0.15, -0.1) is 20.4 Å². The van der Waals surface area contributed by atoms with Crippen LogP contribution in [0.5, 0.6) is 0 Å². The average molecular weight is 449 g/mol. The number of hydrogen-bond donors (Lipinski definition) is 1. The van der Waals surface area contributed by atoms with Crippen LogP contribution in [0, 0.1) is 0 Å². The third kappa shape index (κ3) is 4.38. The van der Waals surface area contributed by atoms with Crippen molar-refractivity contribution in [2.75, 3.05) is 0 Å². The van der Waals surface area contributed by atoms with Crippen molar-refractivity contribution in [2.24, 2.45) is 5.73 Å². The van der Waals surface area contributed by atoms with E-state index in [9.17, 15) is 4.79 Å². The first kappa shape index (κ1) is 18.2. The van der Waals surface area contributed by atoms with Crippen LogP contribution >= 0.6 is 27.7 Å². The molecule has 1 aliphatic rings. The van der Waals surface area contributed by atoms with Crippen molar-refractivity contribution >= 4 is 33.6 Å². The molecule has 2 aromatic heterocycles. The zero-order valence-electron chi connectivity index (χ0n) is 14.3. The van der Waals surface area contributed by atoms with E-state index in [0.717, 1.165) is 33.9 Å². The minimum atomic E-state index is -0.336. The Balaban J connectivity index is 1.45. The van der Waals surface area contributed by atoms with Gasteiger partial charge in [0.05, 0.1) is 5.75 Å². The third-order valence-corrected chi connectivity index (χ3v) is 5.63. The maximum atomic E-state index is 11.2. The molecular weight excluding hydrogens is 432 g/mol. The molecule has 10 heteroatoms. The molecule has 2 N–H and O–H groups in total. The summed E-state index contributed by atoms with van der Waals surface area (Å²) in [6, 6.07) is 7.68. The molecule has 0 saturated heterocycles. The largest absolute Gasteiger partial charge is 0.420 e. The summed E-state index contributed by atoms with van der Waals surface area (Å²) in [6.45, 7) is 0.491. The lowest BCUT2D eigenvalue weighted by Gasteiger charge is -2.07. The van der Waals surface area contributed by atoms with E-state index in [0.29, 0.717) is 30.0 Å². The predicted molar refractivity (Wildman–Crippen MR) is 103 cm³/mol. The molecule has 1 saturated carbocycles. The van der Waals surface area contributed by atoms with Crippen molar-refractivity contribution in [1.82, 2.24) is 25.0 Å². The predicted octanol–water partition coefficient (Wildman–Crippen LogP) is 3.14. The number of thioether (sulfide) groups is 1. The maximum absolute atomic E-state index is 11.2. The van der Waals surface area contributed by atoms with Crippen molar-refractivity contribution < 1.29 is 9.21 Å². The van der Waals surface area contributed by atoms with E-state index in [1.54, 1.807) is 0 Å². The van der Waals surface area contributed by atoms with Crippen molar-refractivity contribution in [2.45, 2.75) is 42.6 Å². The molecule has 0 unspecified atom stereocenters. The van der Waals surface area contributed by atoms with Crippen LogP contribution in [-0.4, -0.2) is 30.9 Å². The summed E-state index contributed by atoms with van der Waals surface area (Å²) in [6.07, 6.45) is 2.48. The number of nitrogens with zero attached hydrogens (tertiary/aromatic N) is 5. The highest BCUT2D eigenvalue weighted by Crippen LogP contribution is 2.40. The molecule has 27 heavy (non-hydrogen) atoms. The Hall–Kier alpha value is -2.20. The van der Waals surface area contributed by atoms with Gasteiger partial charge in [0.25, 0.3) is 0 Å². The number of amides is 1. The SMILES string of the molecule is NC(=O)CCn1c(SCc2nnc(-c3ccc(Br)cc3)o2)nnc1C1CC1. The molecule has 2 heterocycles. The molecule has 4 rings (SSSR count). The second kappa shape index (κ2) is 7.81. The average Bonchev–Trinajstić information content (AvgIpc) is 3.24. The molecule has 0 bridgehead atoms. The van der Waals surface area contributed by atoms with Crippen molar-refractivity contribution in [3.05, 3.63) is 40.5 Å². The van der Waals surface area contributed by atoms with E-state index in [2.05, 4.69) is 36.3 Å². The maximum Gasteiger partial charge on any atom is 0.247 e. The summed E-state index contributed by atoms with van der Waals surface area (Å²) >= 11 is 4.87. The van der Waals surface area contributed by atoms with Crippen LogP contribution in [0.1, 0.15) is 36.9 Å². The van der Waals surface area contributed by atoms with E-state index in [4.69, 9.17) is 10.2 Å². The van der Waals surface area contributed by atoms with Gasteiger partial charge in [-0.2, -0.15) is 0 Å². The Kier molecular flexibility index (Phi) is 5.26. The van der Waals surface area contributed by atoms with Gasteiger partial charge in [-0.05, 0) is 37.1 Å². The zero-order valence-corrected chi connectivity index (χ0v) is 16.7. The van der Waals surface area contributed by atoms with Crippen LogP contribution in [0.4, 0.5) is 0 Å². The standard InChI is InChI=1S/C17H17BrN6O2S/c18-12-5-3-11(4-6-12)16-22-20-14(26-16)9-27-17-23-21-15(10-1-2-10)24(17)8-7-13(19)25/h3-6,10H,1-2,7-9H2,(H2,19,25). The Labute approximate surface area is 168 Å². The fourth-order valence-electron chi connectivity index (χ4n) is 2.63. The molecule has 0 aliphatic heterocycles. The third-order valence-electron chi connectivity index (χ3n) is 4.15. The second-order valence-corrected chi connectivity index (χ2v) is 8.14. The molecule has 0 spiro atoms. The van der Waals surface area contributed by atoms with E-state index < -0.39 is 0 Å². The van der Waals surface area contributed by atoms with Crippen molar-refractivity contribution in [3.8, 4) is 11.5 Å². The first-order chi connectivity index (χ1) is 13.1. The minimum absolute atomic E-state index is 0.263. The number of rotatable bonds is 8. The molecule has 8 nitrogen and oxygen atoms in total. The topological polar surface area (TPSA) is 113 Å². The van der Waals surface area contributed by atoms with Gasteiger partial charge in [0.1, 0.15) is 5.82 Å². The number of halogens is 1. The molecule has 0 radical (unpaired) electrons. The Morgan fingerprint density at radius 2 is 2.00 bits per heavy atom. The molecular formula is C17H17BrN6O2S. The van der Waals surface area contributed by atoms with Gasteiger partial charge in [-0.1, -0.05) is 27.7 Å². The Morgan fingerprint density at radius 1 is 1.22 bits per heavy atom. The highest BCUT2D eigenvalue weighted by molar-refractivity contribution is 9.10. The van der Waals surface area contributed by atoms with Crippen LogP contribution in [-0.2, 0) is 17.1 Å². The number of benzene rings is 1. The van der Waals surface area contributed by atoms with Gasteiger partial charge in [0.2, 0.25) is 17.7 Å². The second-order valence-electron chi connectivity index (χ2n) is 6.28. The lowest BCUT2D eigenvalue weighted by Crippen LogP contribution is -2.15. The van der Waals surface area contributed by atoms with Gasteiger partial charge in [0.15, 0.2) is 5.16 Å². The van der Waals surface area contributed by atoms with Crippen LogP contribution in [0.2, 0.25) is 0 Å². The fourth-order valence-corrected chi connectivity index (χ4v) is 3.70. The van der Waals surface area contributed by atoms with Gasteiger partial charge >= 0.3 is 0 Å². The van der Waals surface area contributed by atoms with Crippen molar-refractivity contribution in [3.63, 3.8) is 0 Å². The van der Waals surface area contributed by atoms with Crippen LogP contribution in [0.25, 0.3) is 11.5 Å². The molecule has 1 amide bonds. The minimum Gasteiger partial charge on any atom is -0.420 e. The monoisotopic (exact) mass is 448 g/mol. The normalized spacial score (nSPS) is 13.8. The van der Waals surface area contributed by atoms with E-state index in [-0.39, 0.29) is 12.3 Å². The smallest absolute Gasteiger partial charge is 0.247 e. The van der Waals surface area contributed by atoms with Crippen LogP contribution in [0.3, 0.4) is 0 Å². The lowest BCUT2D eigenvalue weighted by molar-refractivity contribution is -0.118. The summed E-state index contributed by atoms with van der Waals surface area (Å²) in [5.74, 6) is 2.50. The van der Waals surface area contributed by atoms with Gasteiger partial charge in [-0.25, -0.2) is 0 Å². The Bertz CT molecular complexity index is 951. The number of carbonyl (C=O) groups is 1. The Morgan fingerprint density at radius 3 is 2.70 bits per heavy atom. The molecule has 140 valence electrons.